The van der Waals surface area contributed by atoms with Crippen LogP contribution in [0.5, 0.6) is 0 Å². The van der Waals surface area contributed by atoms with E-state index in [1.54, 1.807) is 0 Å². The highest BCUT2D eigenvalue weighted by molar-refractivity contribution is 9.12. The largest absolute Gasteiger partial charge is 0.447 e. The number of cyclic esters (lactones) is 1. The summed E-state index contributed by atoms with van der Waals surface area (Å²) in [5, 5.41) is 0. The zero-order valence-corrected chi connectivity index (χ0v) is 12.6. The van der Waals surface area contributed by atoms with Gasteiger partial charge in [-0.2, -0.15) is 0 Å². The molecule has 0 N–H and O–H groups in total. The third-order valence-corrected chi connectivity index (χ3v) is 5.32. The van der Waals surface area contributed by atoms with Gasteiger partial charge in [0.05, 0.1) is 11.4 Å². The minimum atomic E-state index is -0.572. The fourth-order valence-electron chi connectivity index (χ4n) is 1.67. The average Bonchev–Trinajstić information content (AvgIpc) is 2.83. The summed E-state index contributed by atoms with van der Waals surface area (Å²) in [6.07, 6.45) is -0.572. The summed E-state index contributed by atoms with van der Waals surface area (Å²) in [4.78, 5) is 23.9. The van der Waals surface area contributed by atoms with Gasteiger partial charge in [0.1, 0.15) is 11.4 Å². The van der Waals surface area contributed by atoms with Crippen LogP contribution in [0.2, 0.25) is 0 Å². The third kappa shape index (κ3) is 2.75. The summed E-state index contributed by atoms with van der Waals surface area (Å²) in [6, 6.07) is 9.55. The minimum absolute atomic E-state index is 0.195. The summed E-state index contributed by atoms with van der Waals surface area (Å²) >= 11 is 6.81. The second-order valence-corrected chi connectivity index (χ2v) is 5.79. The maximum Gasteiger partial charge on any atom is 0.416 e. The Morgan fingerprint density at radius 2 is 1.94 bits per heavy atom. The minimum Gasteiger partial charge on any atom is -0.447 e. The zero-order valence-electron chi connectivity index (χ0n) is 9.38. The van der Waals surface area contributed by atoms with E-state index in [0.717, 1.165) is 10.5 Å². The van der Waals surface area contributed by atoms with Gasteiger partial charge in [0.2, 0.25) is 5.91 Å². The number of amides is 2. The molecule has 1 aromatic rings. The molecule has 1 aliphatic rings. The van der Waals surface area contributed by atoms with Crippen LogP contribution in [-0.2, 0) is 9.53 Å². The molecule has 1 fully saturated rings. The molecule has 4 nitrogen and oxygen atoms in total. The molecule has 2 amide bonds. The van der Waals surface area contributed by atoms with Crippen molar-refractivity contribution in [1.82, 2.24) is 4.90 Å². The van der Waals surface area contributed by atoms with E-state index in [0.29, 0.717) is 6.54 Å². The average molecular weight is 377 g/mol. The van der Waals surface area contributed by atoms with Gasteiger partial charge in [-0.25, -0.2) is 9.69 Å². The molecule has 18 heavy (non-hydrogen) atoms. The lowest BCUT2D eigenvalue weighted by Crippen LogP contribution is -2.38. The Morgan fingerprint density at radius 3 is 2.50 bits per heavy atom. The van der Waals surface area contributed by atoms with Crippen molar-refractivity contribution in [2.24, 2.45) is 0 Å². The highest BCUT2D eigenvalue weighted by atomic mass is 79.9. The molecule has 96 valence electrons. The fourth-order valence-corrected chi connectivity index (χ4v) is 2.76. The third-order valence-electron chi connectivity index (χ3n) is 2.64. The van der Waals surface area contributed by atoms with Gasteiger partial charge < -0.3 is 4.74 Å². The maximum absolute atomic E-state index is 12.1. The summed E-state index contributed by atoms with van der Waals surface area (Å²) in [5.74, 6) is -0.289. The van der Waals surface area contributed by atoms with Gasteiger partial charge in [0.15, 0.2) is 0 Å². The molecule has 6 heteroatoms. The standard InChI is InChI=1S/C12H11Br2NO3/c13-9(8-4-2-1-3-5-8)10(14)11(16)15-6-7-18-12(15)17/h1-5,9-10H,6-7H2/t9-,10+/m0/s1. The second kappa shape index (κ2) is 5.84. The van der Waals surface area contributed by atoms with E-state index in [1.165, 1.54) is 0 Å². The maximum atomic E-state index is 12.1. The molecular weight excluding hydrogens is 366 g/mol. The second-order valence-electron chi connectivity index (χ2n) is 3.82. The van der Waals surface area contributed by atoms with E-state index in [1.807, 2.05) is 30.3 Å². The molecule has 1 saturated heterocycles. The van der Waals surface area contributed by atoms with Crippen molar-refractivity contribution in [3.63, 3.8) is 0 Å². The van der Waals surface area contributed by atoms with Crippen LogP contribution in [0, 0.1) is 0 Å². The molecular formula is C12H11Br2NO3. The van der Waals surface area contributed by atoms with E-state index in [4.69, 9.17) is 4.74 Å². The lowest BCUT2D eigenvalue weighted by Gasteiger charge is -2.20. The Balaban J connectivity index is 2.09. The monoisotopic (exact) mass is 375 g/mol. The smallest absolute Gasteiger partial charge is 0.416 e. The van der Waals surface area contributed by atoms with Crippen LogP contribution in [0.3, 0.4) is 0 Å². The van der Waals surface area contributed by atoms with E-state index in [2.05, 4.69) is 31.9 Å². The number of rotatable bonds is 3. The molecule has 0 spiro atoms. The summed E-state index contributed by atoms with van der Waals surface area (Å²) in [7, 11) is 0. The fraction of sp³-hybridized carbons (Fsp3) is 0.333. The first-order valence-electron chi connectivity index (χ1n) is 5.42. The van der Waals surface area contributed by atoms with Gasteiger partial charge in [0, 0.05) is 0 Å². The molecule has 2 atom stereocenters. The Morgan fingerprint density at radius 1 is 1.28 bits per heavy atom. The van der Waals surface area contributed by atoms with Gasteiger partial charge in [0.25, 0.3) is 0 Å². The number of ether oxygens (including phenoxy) is 1. The van der Waals surface area contributed by atoms with Crippen LogP contribution in [-0.4, -0.2) is 34.9 Å². The number of carbonyl (C=O) groups excluding carboxylic acids is 2. The number of carbonyl (C=O) groups is 2. The first kappa shape index (κ1) is 13.5. The molecule has 0 saturated carbocycles. The molecule has 0 aliphatic carbocycles. The number of benzene rings is 1. The van der Waals surface area contributed by atoms with Gasteiger partial charge in [-0.15, -0.1) is 0 Å². The van der Waals surface area contributed by atoms with Crippen molar-refractivity contribution in [2.45, 2.75) is 9.65 Å². The lowest BCUT2D eigenvalue weighted by atomic mass is 10.1. The van der Waals surface area contributed by atoms with Crippen molar-refractivity contribution in [2.75, 3.05) is 13.2 Å². The van der Waals surface area contributed by atoms with Crippen LogP contribution in [0.25, 0.3) is 0 Å². The van der Waals surface area contributed by atoms with Crippen LogP contribution in [0.4, 0.5) is 4.79 Å². The molecule has 1 aliphatic heterocycles. The number of halogens is 2. The predicted octanol–water partition coefficient (Wildman–Crippen LogP) is 2.86. The van der Waals surface area contributed by atoms with Crippen LogP contribution in [0.1, 0.15) is 10.4 Å². The van der Waals surface area contributed by atoms with Crippen LogP contribution in [0.15, 0.2) is 30.3 Å². The Kier molecular flexibility index (Phi) is 4.40. The SMILES string of the molecule is O=C1OCCN1C(=O)[C@H](Br)[C@@H](Br)c1ccccc1. The summed E-state index contributed by atoms with van der Waals surface area (Å²) in [6.45, 7) is 0.580. The Hall–Kier alpha value is -0.880. The highest BCUT2D eigenvalue weighted by Gasteiger charge is 2.35. The zero-order chi connectivity index (χ0) is 13.1. The van der Waals surface area contributed by atoms with E-state index in [9.17, 15) is 9.59 Å². The molecule has 2 rings (SSSR count). The molecule has 0 bridgehead atoms. The van der Waals surface area contributed by atoms with Crippen molar-refractivity contribution in [1.29, 1.82) is 0 Å². The number of alkyl halides is 2. The molecule has 1 heterocycles. The first-order valence-corrected chi connectivity index (χ1v) is 7.25. The first-order chi connectivity index (χ1) is 8.61. The Labute approximate surface area is 122 Å². The van der Waals surface area contributed by atoms with E-state index >= 15 is 0 Å². The van der Waals surface area contributed by atoms with Crippen LogP contribution >= 0.6 is 31.9 Å². The summed E-state index contributed by atoms with van der Waals surface area (Å²) < 4.78 is 4.75. The quantitative estimate of drug-likeness (QED) is 0.762. The van der Waals surface area contributed by atoms with Crippen molar-refractivity contribution >= 4 is 43.9 Å². The Bertz CT molecular complexity index is 452. The van der Waals surface area contributed by atoms with Gasteiger partial charge in [-0.3, -0.25) is 4.79 Å². The molecule has 1 aromatic carbocycles. The van der Waals surface area contributed by atoms with E-state index < -0.39 is 10.9 Å². The van der Waals surface area contributed by atoms with Crippen molar-refractivity contribution < 1.29 is 14.3 Å². The molecule has 0 unspecified atom stereocenters. The van der Waals surface area contributed by atoms with Crippen molar-refractivity contribution in [3.05, 3.63) is 35.9 Å². The van der Waals surface area contributed by atoms with Gasteiger partial charge in [-0.1, -0.05) is 62.2 Å². The lowest BCUT2D eigenvalue weighted by molar-refractivity contribution is -0.127. The number of hydrogen-bond donors (Lipinski definition) is 0. The van der Waals surface area contributed by atoms with Gasteiger partial charge in [-0.05, 0) is 5.56 Å². The molecule has 0 radical (unpaired) electrons. The normalized spacial score (nSPS) is 18.3. The van der Waals surface area contributed by atoms with Crippen LogP contribution < -0.4 is 0 Å². The summed E-state index contributed by atoms with van der Waals surface area (Å²) in [5.41, 5.74) is 0.972. The number of imide groups is 1. The topological polar surface area (TPSA) is 46.6 Å². The van der Waals surface area contributed by atoms with E-state index in [-0.39, 0.29) is 17.3 Å². The number of nitrogens with zero attached hydrogens (tertiary/aromatic N) is 1. The molecule has 0 aromatic heterocycles. The number of hydrogen-bond acceptors (Lipinski definition) is 3. The predicted molar refractivity (Wildman–Crippen MR) is 73.9 cm³/mol. The van der Waals surface area contributed by atoms with Crippen molar-refractivity contribution in [3.8, 4) is 0 Å². The van der Waals surface area contributed by atoms with Gasteiger partial charge >= 0.3 is 6.09 Å². The highest BCUT2D eigenvalue weighted by Crippen LogP contribution is 2.32.